The van der Waals surface area contributed by atoms with E-state index in [4.69, 9.17) is 4.84 Å². The fourth-order valence-electron chi connectivity index (χ4n) is 8.39. The summed E-state index contributed by atoms with van der Waals surface area (Å²) >= 11 is 1.56. The number of allylic oxidation sites excluding steroid dienone is 5. The molecule has 286 valence electrons. The van der Waals surface area contributed by atoms with Crippen molar-refractivity contribution in [1.82, 2.24) is 9.63 Å². The number of benzene rings is 4. The molecule has 3 heterocycles. The third-order valence-electron chi connectivity index (χ3n) is 11.0. The summed E-state index contributed by atoms with van der Waals surface area (Å²) in [5.74, 6) is -1.27. The number of thioether (sulfide) groups is 1. The lowest BCUT2D eigenvalue weighted by atomic mass is 9.93. The number of aromatic nitrogens is 1. The van der Waals surface area contributed by atoms with E-state index in [1.807, 2.05) is 19.1 Å². The second-order valence-electron chi connectivity index (χ2n) is 14.2. The Balaban J connectivity index is 1.20. The second kappa shape index (κ2) is 15.0. The zero-order valence-corrected chi connectivity index (χ0v) is 33.1. The predicted molar refractivity (Wildman–Crippen MR) is 220 cm³/mol. The van der Waals surface area contributed by atoms with Crippen LogP contribution in [0.3, 0.4) is 0 Å². The Morgan fingerprint density at radius 3 is 2.39 bits per heavy atom. The molecule has 0 saturated carbocycles. The van der Waals surface area contributed by atoms with Crippen molar-refractivity contribution in [3.8, 4) is 0 Å². The molecular formula is C44H42N3O7S2+. The molecule has 10 nitrogen and oxygen atoms in total. The number of carbonyl (C=O) groups is 3. The first-order chi connectivity index (χ1) is 27.0. The van der Waals surface area contributed by atoms with Gasteiger partial charge in [0.25, 0.3) is 21.9 Å². The van der Waals surface area contributed by atoms with E-state index in [1.54, 1.807) is 23.9 Å². The highest BCUT2D eigenvalue weighted by molar-refractivity contribution is 8.03. The van der Waals surface area contributed by atoms with E-state index in [-0.39, 0.29) is 24.2 Å². The van der Waals surface area contributed by atoms with Gasteiger partial charge in [-0.25, -0.2) is 4.79 Å². The first kappa shape index (κ1) is 37.6. The highest BCUT2D eigenvalue weighted by Crippen LogP contribution is 2.40. The van der Waals surface area contributed by atoms with Crippen molar-refractivity contribution < 1.29 is 36.8 Å². The standard InChI is InChI=1S/C44H41N3O7S2/c1-4-45-34(31-12-7-11-30-27(3)15-18-36(45)42(30)31)19-16-28-9-6-10-29(44(28)55-26-25-41(50)54-47-39(48)23-24-40(47)49)17-20-35-32-13-8-14-33-38(56(51,52)53)22-21-37(43(32)33)46(35)5-2/h7-8,11-22H,4-6,9-10,23-26H2,1-3H3/p+1. The lowest BCUT2D eigenvalue weighted by Gasteiger charge is -2.21. The smallest absolute Gasteiger partial charge is 0.334 e. The van der Waals surface area contributed by atoms with Crippen LogP contribution in [-0.4, -0.2) is 63.0 Å². The van der Waals surface area contributed by atoms with Crippen LogP contribution in [0, 0.1) is 6.92 Å². The summed E-state index contributed by atoms with van der Waals surface area (Å²) in [7, 11) is -4.43. The van der Waals surface area contributed by atoms with E-state index < -0.39 is 27.9 Å². The van der Waals surface area contributed by atoms with Gasteiger partial charge in [-0.05, 0) is 86.4 Å². The monoisotopic (exact) mass is 788 g/mol. The molecule has 0 radical (unpaired) electrons. The Labute approximate surface area is 329 Å². The fraction of sp³-hybridized carbons (Fsp3) is 0.273. The molecule has 2 aliphatic heterocycles. The molecule has 12 heteroatoms. The van der Waals surface area contributed by atoms with Crippen molar-refractivity contribution in [2.45, 2.75) is 70.7 Å². The molecule has 0 spiro atoms. The number of carbonyl (C=O) groups excluding carboxylic acids is 3. The van der Waals surface area contributed by atoms with Crippen molar-refractivity contribution in [1.29, 1.82) is 0 Å². The maximum atomic E-state index is 12.8. The third-order valence-corrected chi connectivity index (χ3v) is 13.1. The van der Waals surface area contributed by atoms with Crippen LogP contribution < -0.4 is 5.35 Å². The van der Waals surface area contributed by atoms with E-state index in [2.05, 4.69) is 77.6 Å². The minimum Gasteiger partial charge on any atom is -0.341 e. The quantitative estimate of drug-likeness (QED) is 0.0816. The average molecular weight is 789 g/mol. The Bertz CT molecular complexity index is 2790. The van der Waals surface area contributed by atoms with Crippen LogP contribution in [0.25, 0.3) is 38.5 Å². The Morgan fingerprint density at radius 1 is 0.893 bits per heavy atom. The maximum Gasteiger partial charge on any atom is 0.334 e. The minimum absolute atomic E-state index is 0.00521. The van der Waals surface area contributed by atoms with Gasteiger partial charge in [-0.3, -0.25) is 14.1 Å². The van der Waals surface area contributed by atoms with Gasteiger partial charge in [-0.2, -0.15) is 13.0 Å². The summed E-state index contributed by atoms with van der Waals surface area (Å²) in [6.45, 7) is 7.80. The molecule has 1 N–H and O–H groups in total. The van der Waals surface area contributed by atoms with Gasteiger partial charge in [-0.1, -0.05) is 48.6 Å². The van der Waals surface area contributed by atoms with Crippen molar-refractivity contribution in [2.24, 2.45) is 0 Å². The summed E-state index contributed by atoms with van der Waals surface area (Å²) in [6.07, 6.45) is 11.3. The minimum atomic E-state index is -4.43. The SMILES string of the molecule is CCn1/c(=C\C=C2/CCCC(/C=C/C3=[N+](CC)c4ccc(C)c5cccc3c45)=C2SCCC(=O)ON2C(=O)CCC2=O)c2cccc3c(S(=O)(=O)O)ccc1c32. The topological polar surface area (TPSA) is 126 Å². The summed E-state index contributed by atoms with van der Waals surface area (Å²) in [5.41, 5.74) is 7.91. The average Bonchev–Trinajstić information content (AvgIpc) is 3.80. The van der Waals surface area contributed by atoms with Crippen LogP contribution in [0.2, 0.25) is 0 Å². The van der Waals surface area contributed by atoms with Gasteiger partial charge >= 0.3 is 5.97 Å². The number of aryl methyl sites for hydroxylation is 2. The largest absolute Gasteiger partial charge is 0.341 e. The molecule has 8 rings (SSSR count). The van der Waals surface area contributed by atoms with Crippen molar-refractivity contribution in [3.05, 3.63) is 111 Å². The number of hydrogen-bond donors (Lipinski definition) is 1. The maximum absolute atomic E-state index is 12.8. The third kappa shape index (κ3) is 6.59. The van der Waals surface area contributed by atoms with Gasteiger partial charge in [0.05, 0.1) is 17.4 Å². The van der Waals surface area contributed by atoms with E-state index in [0.29, 0.717) is 22.7 Å². The fourth-order valence-corrected chi connectivity index (χ4v) is 10.3. The van der Waals surface area contributed by atoms with Gasteiger partial charge in [0.2, 0.25) is 11.4 Å². The molecule has 0 atom stereocenters. The molecule has 0 unspecified atom stereocenters. The highest BCUT2D eigenvalue weighted by atomic mass is 32.2. The zero-order chi connectivity index (χ0) is 39.3. The van der Waals surface area contributed by atoms with E-state index in [9.17, 15) is 27.4 Å². The Hall–Kier alpha value is -5.30. The molecule has 1 fully saturated rings. The summed E-state index contributed by atoms with van der Waals surface area (Å²) < 4.78 is 39.1. The predicted octanol–water partition coefficient (Wildman–Crippen LogP) is 7.84. The van der Waals surface area contributed by atoms with Crippen molar-refractivity contribution in [2.75, 3.05) is 12.3 Å². The van der Waals surface area contributed by atoms with E-state index in [1.165, 1.54) is 33.7 Å². The van der Waals surface area contributed by atoms with Gasteiger partial charge in [0, 0.05) is 69.2 Å². The van der Waals surface area contributed by atoms with Gasteiger partial charge in [0.15, 0.2) is 0 Å². The molecule has 56 heavy (non-hydrogen) atoms. The first-order valence-electron chi connectivity index (χ1n) is 19.0. The van der Waals surface area contributed by atoms with Crippen molar-refractivity contribution >= 4 is 89.6 Å². The summed E-state index contributed by atoms with van der Waals surface area (Å²) in [6, 6.07) is 19.6. The number of rotatable bonds is 11. The van der Waals surface area contributed by atoms with Gasteiger partial charge in [0.1, 0.15) is 11.4 Å². The van der Waals surface area contributed by atoms with Crippen molar-refractivity contribution in [3.63, 3.8) is 0 Å². The molecule has 1 aliphatic carbocycles. The van der Waals surface area contributed by atoms with Crippen LogP contribution in [0.5, 0.6) is 0 Å². The molecular weight excluding hydrogens is 747 g/mol. The second-order valence-corrected chi connectivity index (χ2v) is 16.7. The highest BCUT2D eigenvalue weighted by Gasteiger charge is 2.33. The first-order valence-corrected chi connectivity index (χ1v) is 21.4. The van der Waals surface area contributed by atoms with Crippen LogP contribution >= 0.6 is 11.8 Å². The van der Waals surface area contributed by atoms with Crippen LogP contribution in [0.4, 0.5) is 5.69 Å². The Morgan fingerprint density at radius 2 is 1.64 bits per heavy atom. The van der Waals surface area contributed by atoms with E-state index in [0.717, 1.165) is 69.2 Å². The van der Waals surface area contributed by atoms with Crippen LogP contribution in [0.1, 0.15) is 63.5 Å². The number of amides is 2. The van der Waals surface area contributed by atoms with Gasteiger partial charge < -0.3 is 9.40 Å². The number of hydrogen-bond acceptors (Lipinski definition) is 7. The molecule has 4 aromatic carbocycles. The molecule has 0 bridgehead atoms. The summed E-state index contributed by atoms with van der Waals surface area (Å²) in [5, 5.41) is 6.16. The normalized spacial score (nSPS) is 17.5. The number of hydroxylamine groups is 2. The molecule has 1 aromatic heterocycles. The molecule has 1 saturated heterocycles. The summed E-state index contributed by atoms with van der Waals surface area (Å²) in [4.78, 5) is 43.1. The lowest BCUT2D eigenvalue weighted by Crippen LogP contribution is -2.32. The lowest BCUT2D eigenvalue weighted by molar-refractivity contribution is -0.430. The van der Waals surface area contributed by atoms with Crippen LogP contribution in [0.15, 0.2) is 99.8 Å². The molecule has 3 aliphatic rings. The van der Waals surface area contributed by atoms with Crippen LogP contribution in [-0.2, 0) is 35.9 Å². The van der Waals surface area contributed by atoms with E-state index >= 15 is 0 Å². The Kier molecular flexibility index (Phi) is 10.1. The number of nitrogens with zero attached hydrogens (tertiary/aromatic N) is 3. The zero-order valence-electron chi connectivity index (χ0n) is 31.5. The van der Waals surface area contributed by atoms with Gasteiger partial charge in [-0.15, -0.1) is 16.8 Å². The number of imide groups is 1. The molecule has 5 aromatic rings. The molecule has 2 amide bonds.